The maximum absolute atomic E-state index is 12.1. The van der Waals surface area contributed by atoms with Crippen LogP contribution in [-0.4, -0.2) is 30.3 Å². The third kappa shape index (κ3) is 3.44. The molecule has 1 aromatic rings. The number of benzene rings is 1. The highest BCUT2D eigenvalue weighted by atomic mass is 35.5. The monoisotopic (exact) mass is 314 g/mol. The lowest BCUT2D eigenvalue weighted by Crippen LogP contribution is -2.41. The molecule has 108 valence electrons. The third-order valence-electron chi connectivity index (χ3n) is 3.53. The minimum Gasteiger partial charge on any atom is -0.352 e. The second kappa shape index (κ2) is 6.46. The number of halogens is 2. The standard InChI is InChI=1S/C14H16Cl2N2O2/c1-18-6-5-9(7-13(18)19)14(20)17-8-10-11(15)3-2-4-12(10)16/h2-4,9H,5-8H2,1H3,(H,17,20). The number of carbonyl (C=O) groups is 2. The van der Waals surface area contributed by atoms with Crippen LogP contribution in [0.25, 0.3) is 0 Å². The minimum absolute atomic E-state index is 0.00664. The van der Waals surface area contributed by atoms with E-state index in [0.717, 1.165) is 0 Å². The van der Waals surface area contributed by atoms with Crippen molar-refractivity contribution in [2.24, 2.45) is 5.92 Å². The molecule has 1 aliphatic rings. The van der Waals surface area contributed by atoms with Crippen LogP contribution >= 0.6 is 23.2 Å². The van der Waals surface area contributed by atoms with Crippen LogP contribution in [0.15, 0.2) is 18.2 Å². The van der Waals surface area contributed by atoms with Crippen molar-refractivity contribution in [2.75, 3.05) is 13.6 Å². The second-order valence-electron chi connectivity index (χ2n) is 4.92. The highest BCUT2D eigenvalue weighted by Gasteiger charge is 2.28. The van der Waals surface area contributed by atoms with Gasteiger partial charge in [0.1, 0.15) is 0 Å². The predicted molar refractivity (Wildman–Crippen MR) is 78.7 cm³/mol. The van der Waals surface area contributed by atoms with Gasteiger partial charge in [-0.2, -0.15) is 0 Å². The van der Waals surface area contributed by atoms with E-state index >= 15 is 0 Å². The molecule has 1 fully saturated rings. The summed E-state index contributed by atoms with van der Waals surface area (Å²) in [6.07, 6.45) is 0.947. The first kappa shape index (κ1) is 15.1. The SMILES string of the molecule is CN1CCC(C(=O)NCc2c(Cl)cccc2Cl)CC1=O. The van der Waals surface area contributed by atoms with Gasteiger partial charge in [0, 0.05) is 48.1 Å². The van der Waals surface area contributed by atoms with Crippen LogP contribution < -0.4 is 5.32 Å². The van der Waals surface area contributed by atoms with Gasteiger partial charge in [0.25, 0.3) is 0 Å². The second-order valence-corrected chi connectivity index (χ2v) is 5.74. The molecule has 0 bridgehead atoms. The Morgan fingerprint density at radius 1 is 1.40 bits per heavy atom. The van der Waals surface area contributed by atoms with Crippen LogP contribution in [0.1, 0.15) is 18.4 Å². The van der Waals surface area contributed by atoms with Gasteiger partial charge in [0.2, 0.25) is 11.8 Å². The molecule has 1 N–H and O–H groups in total. The molecule has 0 aromatic heterocycles. The van der Waals surface area contributed by atoms with E-state index < -0.39 is 0 Å². The summed E-state index contributed by atoms with van der Waals surface area (Å²) in [5.74, 6) is -0.380. The molecule has 20 heavy (non-hydrogen) atoms. The molecule has 0 radical (unpaired) electrons. The molecule has 1 aromatic carbocycles. The number of rotatable bonds is 3. The van der Waals surface area contributed by atoms with E-state index in [4.69, 9.17) is 23.2 Å². The topological polar surface area (TPSA) is 49.4 Å². The molecule has 1 atom stereocenters. The molecule has 1 saturated heterocycles. The zero-order chi connectivity index (χ0) is 14.7. The summed E-state index contributed by atoms with van der Waals surface area (Å²) in [6, 6.07) is 5.22. The van der Waals surface area contributed by atoms with E-state index in [1.54, 1.807) is 30.1 Å². The van der Waals surface area contributed by atoms with Crippen molar-refractivity contribution in [3.8, 4) is 0 Å². The number of amides is 2. The van der Waals surface area contributed by atoms with Gasteiger partial charge in [-0.05, 0) is 18.6 Å². The average Bonchev–Trinajstić information content (AvgIpc) is 2.41. The van der Waals surface area contributed by atoms with Gasteiger partial charge in [-0.15, -0.1) is 0 Å². The van der Waals surface area contributed by atoms with Crippen LogP contribution in [0.4, 0.5) is 0 Å². The van der Waals surface area contributed by atoms with Crippen LogP contribution in [-0.2, 0) is 16.1 Å². The Balaban J connectivity index is 1.94. The first-order valence-electron chi connectivity index (χ1n) is 6.43. The normalized spacial score (nSPS) is 19.1. The molecule has 0 aliphatic carbocycles. The van der Waals surface area contributed by atoms with Gasteiger partial charge in [0.05, 0.1) is 0 Å². The molecule has 1 aliphatic heterocycles. The van der Waals surface area contributed by atoms with E-state index in [2.05, 4.69) is 5.32 Å². The fourth-order valence-electron chi connectivity index (χ4n) is 2.19. The Labute approximate surface area is 128 Å². The number of likely N-dealkylation sites (tertiary alicyclic amines) is 1. The number of piperidine rings is 1. The van der Waals surface area contributed by atoms with Crippen molar-refractivity contribution >= 4 is 35.0 Å². The summed E-state index contributed by atoms with van der Waals surface area (Å²) in [4.78, 5) is 25.3. The first-order valence-corrected chi connectivity index (χ1v) is 7.19. The van der Waals surface area contributed by atoms with Gasteiger partial charge in [-0.3, -0.25) is 9.59 Å². The van der Waals surface area contributed by atoms with Crippen molar-refractivity contribution < 1.29 is 9.59 Å². The molecule has 6 heteroatoms. The number of nitrogens with zero attached hydrogens (tertiary/aromatic N) is 1. The lowest BCUT2D eigenvalue weighted by Gasteiger charge is -2.28. The van der Waals surface area contributed by atoms with Crippen LogP contribution in [0.5, 0.6) is 0 Å². The maximum atomic E-state index is 12.1. The number of nitrogens with one attached hydrogen (secondary N) is 1. The van der Waals surface area contributed by atoms with E-state index in [1.165, 1.54) is 0 Å². The summed E-state index contributed by atoms with van der Waals surface area (Å²) in [5, 5.41) is 3.86. The van der Waals surface area contributed by atoms with Gasteiger partial charge in [-0.1, -0.05) is 29.3 Å². The number of hydrogen-bond donors (Lipinski definition) is 1. The Kier molecular flexibility index (Phi) is 4.89. The Bertz CT molecular complexity index is 514. The van der Waals surface area contributed by atoms with Crippen LogP contribution in [0, 0.1) is 5.92 Å². The fraction of sp³-hybridized carbons (Fsp3) is 0.429. The molecule has 1 heterocycles. The van der Waals surface area contributed by atoms with E-state index in [-0.39, 0.29) is 30.7 Å². The summed E-state index contributed by atoms with van der Waals surface area (Å²) >= 11 is 12.1. The smallest absolute Gasteiger partial charge is 0.223 e. The Hall–Kier alpha value is -1.26. The van der Waals surface area contributed by atoms with Crippen LogP contribution in [0.2, 0.25) is 10.0 Å². The molecule has 0 spiro atoms. The molecule has 4 nitrogen and oxygen atoms in total. The van der Waals surface area contributed by atoms with Gasteiger partial charge >= 0.3 is 0 Å². The van der Waals surface area contributed by atoms with E-state index in [1.807, 2.05) is 0 Å². The van der Waals surface area contributed by atoms with Gasteiger partial charge in [0.15, 0.2) is 0 Å². The third-order valence-corrected chi connectivity index (χ3v) is 4.24. The van der Waals surface area contributed by atoms with Gasteiger partial charge < -0.3 is 10.2 Å². The van der Waals surface area contributed by atoms with Crippen molar-refractivity contribution in [1.29, 1.82) is 0 Å². The van der Waals surface area contributed by atoms with Crippen molar-refractivity contribution in [1.82, 2.24) is 10.2 Å². The van der Waals surface area contributed by atoms with E-state index in [9.17, 15) is 9.59 Å². The highest BCUT2D eigenvalue weighted by molar-refractivity contribution is 6.36. The maximum Gasteiger partial charge on any atom is 0.223 e. The molecule has 2 amide bonds. The lowest BCUT2D eigenvalue weighted by molar-refractivity contribution is -0.139. The molecule has 0 saturated carbocycles. The zero-order valence-electron chi connectivity index (χ0n) is 11.2. The van der Waals surface area contributed by atoms with Crippen molar-refractivity contribution in [3.05, 3.63) is 33.8 Å². The minimum atomic E-state index is -0.264. The van der Waals surface area contributed by atoms with Gasteiger partial charge in [-0.25, -0.2) is 0 Å². The number of carbonyl (C=O) groups excluding carboxylic acids is 2. The summed E-state index contributed by atoms with van der Waals surface area (Å²) < 4.78 is 0. The molecule has 1 unspecified atom stereocenters. The Morgan fingerprint density at radius 3 is 2.65 bits per heavy atom. The van der Waals surface area contributed by atoms with Crippen molar-refractivity contribution in [2.45, 2.75) is 19.4 Å². The summed E-state index contributed by atoms with van der Waals surface area (Å²) in [7, 11) is 1.75. The van der Waals surface area contributed by atoms with E-state index in [0.29, 0.717) is 28.6 Å². The zero-order valence-corrected chi connectivity index (χ0v) is 12.7. The summed E-state index contributed by atoms with van der Waals surface area (Å²) in [5.41, 5.74) is 0.698. The summed E-state index contributed by atoms with van der Waals surface area (Å²) in [6.45, 7) is 0.891. The fourth-order valence-corrected chi connectivity index (χ4v) is 2.72. The number of hydrogen-bond acceptors (Lipinski definition) is 2. The lowest BCUT2D eigenvalue weighted by atomic mass is 9.95. The predicted octanol–water partition coefficient (Wildman–Crippen LogP) is 2.48. The molecular formula is C14H16Cl2N2O2. The van der Waals surface area contributed by atoms with Crippen molar-refractivity contribution in [3.63, 3.8) is 0 Å². The molecular weight excluding hydrogens is 299 g/mol. The molecule has 2 rings (SSSR count). The Morgan fingerprint density at radius 2 is 2.05 bits per heavy atom. The quantitative estimate of drug-likeness (QED) is 0.931. The largest absolute Gasteiger partial charge is 0.352 e. The average molecular weight is 315 g/mol. The van der Waals surface area contributed by atoms with Crippen LogP contribution in [0.3, 0.4) is 0 Å². The highest BCUT2D eigenvalue weighted by Crippen LogP contribution is 2.24. The first-order chi connectivity index (χ1) is 9.49.